The molecule has 0 bridgehead atoms. The summed E-state index contributed by atoms with van der Waals surface area (Å²) in [7, 11) is 0. The summed E-state index contributed by atoms with van der Waals surface area (Å²) in [5.41, 5.74) is 39.4. The van der Waals surface area contributed by atoms with Crippen LogP contribution in [0.1, 0.15) is 153 Å². The molecule has 56 heteroatoms. The highest BCUT2D eigenvalue weighted by atomic mass is 16.4. The largest absolute Gasteiger partial charge is 0.480 e. The van der Waals surface area contributed by atoms with Crippen LogP contribution in [0, 0.1) is 0 Å². The van der Waals surface area contributed by atoms with Gasteiger partial charge in [0.25, 0.3) is 0 Å². The molecule has 15 atom stereocenters. The van der Waals surface area contributed by atoms with E-state index in [1.165, 1.54) is 125 Å². The van der Waals surface area contributed by atoms with Crippen LogP contribution in [0.4, 0.5) is 0 Å². The van der Waals surface area contributed by atoms with Crippen LogP contribution in [0.15, 0.2) is 125 Å². The lowest BCUT2D eigenvalue weighted by molar-refractivity contribution is -0.142. The van der Waals surface area contributed by atoms with E-state index in [9.17, 15) is 38.7 Å². The van der Waals surface area contributed by atoms with Crippen LogP contribution >= 0.6 is 0 Å². The Morgan fingerprint density at radius 3 is 0.473 bits per heavy atom. The van der Waals surface area contributed by atoms with Crippen molar-refractivity contribution in [3.05, 3.63) is 182 Å². The van der Waals surface area contributed by atoms with Gasteiger partial charge in [-0.05, 0) is 129 Å². The number of nitrogens with zero attached hydrogens (tertiary/aromatic N) is 10. The number of amides is 14. The van der Waals surface area contributed by atoms with Gasteiger partial charge in [-0.3, -0.25) is 67.1 Å². The van der Waals surface area contributed by atoms with Crippen molar-refractivity contribution in [2.75, 3.05) is 32.7 Å². The summed E-state index contributed by atoms with van der Waals surface area (Å²) in [5, 5.41) is 48.3. The minimum absolute atomic E-state index is 0.00710. The predicted molar refractivity (Wildman–Crippen MR) is 520 cm³/mol. The standard InChI is InChI=1S/C90H132N40O16/c91-16-6-1-11-62(117-81(136)67(22-52-32-98-42-108-52)122-76(131)61(96)21-51-31-97-41-107-51)77(132)123-72(27-57-37-103-47-113-57)86(141)127-68(23-53-33-99-43-109-53)82(137)118-63(12-2-7-17-92)78(133)124-73(28-58-38-104-48-114-58)87(142)128-69(24-54-34-100-44-110-54)83(138)119-64(13-3-8-18-93)79(134)125-74(29-59-39-105-49-115-59)88(143)129-70(25-55-35-101-45-111-55)84(139)120-65(14-4-9-19-94)80(135)126-75(30-60-40-106-50-116-60)89(144)130-71(26-56-36-102-46-112-56)85(140)121-66(90(145)146)15-5-10-20-95/h31-50,61-75H,1-30,91-96H2,(H,97,107)(H,98,108)(H,99,109)(H,100,110)(H,101,111)(H,102,112)(H,103,113)(H,104,114)(H,105,115)(H,106,116)(H,117,136)(H,118,137)(H,119,138)(H,120,139)(H,121,140)(H,122,131)(H,123,132)(H,124,133)(H,125,134)(H,126,135)(H,127,141)(H,128,142)(H,129,143)(H,130,144)(H,145,146)/t61-,62-,63-,64-,65-,66-,67-,68-,69-,70-,71-,72-,73-,74-,75-/m0/s1. The zero-order valence-electron chi connectivity index (χ0n) is 80.4. The molecular formula is C90H132N40O16. The summed E-state index contributed by atoms with van der Waals surface area (Å²) in [5.74, 6) is -14.0. The van der Waals surface area contributed by atoms with Crippen molar-refractivity contribution >= 4 is 88.7 Å². The van der Waals surface area contributed by atoms with Gasteiger partial charge in [0.15, 0.2) is 0 Å². The van der Waals surface area contributed by atoms with Gasteiger partial charge in [0.1, 0.15) is 84.6 Å². The van der Waals surface area contributed by atoms with Crippen LogP contribution in [0.25, 0.3) is 0 Å². The fourth-order valence-electron chi connectivity index (χ4n) is 15.8. The van der Waals surface area contributed by atoms with E-state index >= 15 is 38.4 Å². The molecule has 146 heavy (non-hydrogen) atoms. The fraction of sp³-hybridized carbons (Fsp3) is 0.500. The van der Waals surface area contributed by atoms with Gasteiger partial charge in [-0.1, -0.05) is 0 Å². The van der Waals surface area contributed by atoms with Crippen LogP contribution < -0.4 is 109 Å². The Kier molecular flexibility index (Phi) is 45.8. The van der Waals surface area contributed by atoms with E-state index in [0.717, 1.165) is 0 Å². The van der Waals surface area contributed by atoms with Crippen LogP contribution in [-0.4, -0.2) is 317 Å². The highest BCUT2D eigenvalue weighted by Crippen LogP contribution is 2.17. The van der Waals surface area contributed by atoms with Crippen molar-refractivity contribution in [1.82, 2.24) is 174 Å². The molecule has 10 aromatic rings. The molecule has 0 saturated heterocycles. The lowest BCUT2D eigenvalue weighted by Crippen LogP contribution is -2.62. The molecule has 37 N–H and O–H groups in total. The number of hydrogen-bond acceptors (Lipinski definition) is 31. The number of nitrogens with two attached hydrogens (primary N) is 6. The molecule has 0 saturated carbocycles. The van der Waals surface area contributed by atoms with Gasteiger partial charge in [0, 0.05) is 183 Å². The Labute approximate surface area is 836 Å². The quantitative estimate of drug-likeness (QED) is 0.0157. The van der Waals surface area contributed by atoms with Crippen LogP contribution in [-0.2, 0) is 136 Å². The van der Waals surface area contributed by atoms with E-state index in [1.807, 2.05) is 0 Å². The highest BCUT2D eigenvalue weighted by Gasteiger charge is 2.41. The molecule has 14 amide bonds. The van der Waals surface area contributed by atoms with E-state index < -0.39 is 179 Å². The van der Waals surface area contributed by atoms with Crippen molar-refractivity contribution in [3.8, 4) is 0 Å². The number of rotatable bonds is 69. The van der Waals surface area contributed by atoms with Gasteiger partial charge in [0.05, 0.1) is 69.3 Å². The Hall–Kier alpha value is -16.1. The molecule has 0 unspecified atom stereocenters. The summed E-state index contributed by atoms with van der Waals surface area (Å²) < 4.78 is 0. The summed E-state index contributed by atoms with van der Waals surface area (Å²) in [6, 6.07) is -22.2. The highest BCUT2D eigenvalue weighted by molar-refractivity contribution is 6.01. The number of unbranched alkanes of at least 4 members (excludes halogenated alkanes) is 5. The molecule has 0 fully saturated rings. The maximum atomic E-state index is 15.4. The third-order valence-electron chi connectivity index (χ3n) is 23.7. The van der Waals surface area contributed by atoms with E-state index in [4.69, 9.17) is 34.4 Å². The summed E-state index contributed by atoms with van der Waals surface area (Å²) in [6.45, 7) is 0.950. The Bertz CT molecular complexity index is 5490. The number of carboxylic acid groups (broad SMARTS) is 1. The first kappa shape index (κ1) is 112. The topological polar surface area (TPSA) is 888 Å². The first-order chi connectivity index (χ1) is 70.7. The van der Waals surface area contributed by atoms with Gasteiger partial charge < -0.3 is 164 Å². The number of carbonyl (C=O) groups is 15. The first-order valence-corrected chi connectivity index (χ1v) is 48.1. The second-order valence-corrected chi connectivity index (χ2v) is 35.0. The van der Waals surface area contributed by atoms with Gasteiger partial charge in [-0.2, -0.15) is 0 Å². The fourth-order valence-corrected chi connectivity index (χ4v) is 15.8. The van der Waals surface area contributed by atoms with Gasteiger partial charge in [0.2, 0.25) is 82.7 Å². The zero-order chi connectivity index (χ0) is 104. The average Bonchev–Trinajstić information content (AvgIpc) is 1.29. The monoisotopic (exact) mass is 2030 g/mol. The molecule has 788 valence electrons. The normalized spacial score (nSPS) is 14.4. The van der Waals surface area contributed by atoms with Crippen molar-refractivity contribution in [1.29, 1.82) is 0 Å². The zero-order valence-corrected chi connectivity index (χ0v) is 80.4. The van der Waals surface area contributed by atoms with E-state index in [0.29, 0.717) is 102 Å². The molecule has 10 heterocycles. The van der Waals surface area contributed by atoms with Crippen LogP contribution in [0.2, 0.25) is 0 Å². The summed E-state index contributed by atoms with van der Waals surface area (Å²) in [4.78, 5) is 291. The summed E-state index contributed by atoms with van der Waals surface area (Å²) in [6.07, 6.45) is 28.0. The Morgan fingerprint density at radius 2 is 0.329 bits per heavy atom. The smallest absolute Gasteiger partial charge is 0.326 e. The third kappa shape index (κ3) is 37.3. The van der Waals surface area contributed by atoms with Crippen molar-refractivity contribution < 1.29 is 77.0 Å². The number of aromatic amines is 10. The maximum absolute atomic E-state index is 15.4. The number of carbonyl (C=O) groups excluding carboxylic acids is 14. The molecular weight excluding hydrogens is 1900 g/mol. The van der Waals surface area contributed by atoms with Gasteiger partial charge >= 0.3 is 5.97 Å². The van der Waals surface area contributed by atoms with Crippen molar-refractivity contribution in [2.24, 2.45) is 34.4 Å². The van der Waals surface area contributed by atoms with Crippen LogP contribution in [0.3, 0.4) is 0 Å². The van der Waals surface area contributed by atoms with Crippen LogP contribution in [0.5, 0.6) is 0 Å². The Balaban J connectivity index is 0.864. The second kappa shape index (κ2) is 59.7. The minimum atomic E-state index is -1.62. The molecule has 0 aliphatic rings. The molecule has 0 radical (unpaired) electrons. The number of nitrogens with one attached hydrogen (secondary N) is 24. The third-order valence-corrected chi connectivity index (χ3v) is 23.7. The lowest BCUT2D eigenvalue weighted by atomic mass is 10.0. The molecule has 10 rings (SSSR count). The number of aromatic nitrogens is 20. The molecule has 0 aromatic carbocycles. The maximum Gasteiger partial charge on any atom is 0.326 e. The second-order valence-electron chi connectivity index (χ2n) is 35.0. The average molecular weight is 2030 g/mol. The number of hydrogen-bond donors (Lipinski definition) is 31. The molecule has 0 aliphatic carbocycles. The molecule has 0 aliphatic heterocycles. The number of carboxylic acids is 1. The van der Waals surface area contributed by atoms with E-state index in [-0.39, 0.29) is 148 Å². The SMILES string of the molecule is NCCCC[C@H](NC(=O)[C@H](Cc1cnc[nH]1)NC(=O)[C@H](Cc1cnc[nH]1)NC(=O)[C@H](CCCCN)NC(=O)[C@H](Cc1cnc[nH]1)NC(=O)[C@H](Cc1cnc[nH]1)NC(=O)[C@H](CCCCN)NC(=O)[C@H](Cc1cnc[nH]1)NC(=O)[C@H](Cc1cnc[nH]1)NC(=O)[C@H](CCCCN)NC(=O)[C@H](Cc1cnc[nH]1)NC(=O)[C@H](Cc1cnc[nH]1)NC(=O)[C@H](CCCCN)NC(=O)[C@H](Cc1cnc[nH]1)NC(=O)[C@@H](N)Cc1cnc[nH]1)C(=O)O. The minimum Gasteiger partial charge on any atom is -0.480 e. The van der Waals surface area contributed by atoms with Crippen molar-refractivity contribution in [2.45, 2.75) is 251 Å². The molecule has 56 nitrogen and oxygen atoms in total. The first-order valence-electron chi connectivity index (χ1n) is 48.1. The Morgan fingerprint density at radius 1 is 0.199 bits per heavy atom. The van der Waals surface area contributed by atoms with Gasteiger partial charge in [-0.25, -0.2) is 54.6 Å². The van der Waals surface area contributed by atoms with E-state index in [2.05, 4.69) is 174 Å². The lowest BCUT2D eigenvalue weighted by Gasteiger charge is -2.28. The van der Waals surface area contributed by atoms with E-state index in [1.54, 1.807) is 0 Å². The predicted octanol–water partition coefficient (Wildman–Crippen LogP) is -7.51. The molecule has 10 aromatic heterocycles. The van der Waals surface area contributed by atoms with Crippen molar-refractivity contribution in [3.63, 3.8) is 0 Å². The number of H-pyrrole nitrogens is 10. The summed E-state index contributed by atoms with van der Waals surface area (Å²) >= 11 is 0. The number of imidazole rings is 10. The molecule has 0 spiro atoms. The number of aliphatic carboxylic acids is 1. The van der Waals surface area contributed by atoms with Gasteiger partial charge in [-0.15, -0.1) is 0 Å².